The van der Waals surface area contributed by atoms with Gasteiger partial charge in [0, 0.05) is 6.42 Å². The molecule has 0 radical (unpaired) electrons. The Morgan fingerprint density at radius 3 is 2.21 bits per heavy atom. The van der Waals surface area contributed by atoms with Crippen LogP contribution in [-0.4, -0.2) is 59.2 Å². The normalized spacial score (nSPS) is 11.0. The summed E-state index contributed by atoms with van der Waals surface area (Å²) in [4.78, 5) is 56.6. The first-order valence-electron chi connectivity index (χ1n) is 8.23. The summed E-state index contributed by atoms with van der Waals surface area (Å²) < 4.78 is 4.98. The number of alkyl carbamates (subject to hydrolysis) is 1. The second kappa shape index (κ2) is 11.9. The van der Waals surface area contributed by atoms with E-state index in [-0.39, 0.29) is 13.0 Å². The van der Waals surface area contributed by atoms with Crippen molar-refractivity contribution in [2.75, 3.05) is 13.1 Å². The third-order valence-corrected chi connectivity index (χ3v) is 3.33. The molecule has 152 valence electrons. The molecular formula is C17H21N3O8. The van der Waals surface area contributed by atoms with Crippen molar-refractivity contribution in [3.8, 4) is 0 Å². The van der Waals surface area contributed by atoms with E-state index in [0.29, 0.717) is 0 Å². The lowest BCUT2D eigenvalue weighted by molar-refractivity contribution is -0.138. The maximum absolute atomic E-state index is 12.1. The van der Waals surface area contributed by atoms with E-state index in [0.717, 1.165) is 5.56 Å². The number of hydrogen-bond acceptors (Lipinski definition) is 6. The number of ether oxygens (including phenoxy) is 1. The van der Waals surface area contributed by atoms with E-state index in [1.165, 1.54) is 0 Å². The summed E-state index contributed by atoms with van der Waals surface area (Å²) in [5.41, 5.74) is 0.722. The molecule has 1 aromatic carbocycles. The highest BCUT2D eigenvalue weighted by Gasteiger charge is 2.23. The van der Waals surface area contributed by atoms with Crippen molar-refractivity contribution in [2.45, 2.75) is 25.5 Å². The fourth-order valence-corrected chi connectivity index (χ4v) is 1.97. The van der Waals surface area contributed by atoms with Crippen LogP contribution in [0.5, 0.6) is 0 Å². The maximum Gasteiger partial charge on any atom is 0.408 e. The number of carboxylic acids is 2. The van der Waals surface area contributed by atoms with E-state index in [1.54, 1.807) is 30.3 Å². The largest absolute Gasteiger partial charge is 0.481 e. The average Bonchev–Trinajstić information content (AvgIpc) is 2.66. The average molecular weight is 395 g/mol. The molecule has 0 saturated carbocycles. The van der Waals surface area contributed by atoms with Crippen LogP contribution in [-0.2, 0) is 30.5 Å². The Hall–Kier alpha value is -3.63. The Morgan fingerprint density at radius 1 is 0.929 bits per heavy atom. The monoisotopic (exact) mass is 395 g/mol. The molecule has 0 aromatic heterocycles. The van der Waals surface area contributed by atoms with Crippen LogP contribution >= 0.6 is 0 Å². The van der Waals surface area contributed by atoms with Crippen LogP contribution in [0.4, 0.5) is 4.79 Å². The molecule has 0 aliphatic heterocycles. The first-order chi connectivity index (χ1) is 13.3. The summed E-state index contributed by atoms with van der Waals surface area (Å²) in [6, 6.07) is 7.54. The van der Waals surface area contributed by atoms with E-state index >= 15 is 0 Å². The highest BCUT2D eigenvalue weighted by molar-refractivity contribution is 5.90. The molecule has 0 heterocycles. The first kappa shape index (κ1) is 22.4. The van der Waals surface area contributed by atoms with Crippen molar-refractivity contribution >= 4 is 29.8 Å². The minimum atomic E-state index is -1.25. The van der Waals surface area contributed by atoms with Gasteiger partial charge in [-0.15, -0.1) is 0 Å². The molecule has 28 heavy (non-hydrogen) atoms. The quantitative estimate of drug-likeness (QED) is 0.332. The molecule has 1 atom stereocenters. The summed E-state index contributed by atoms with van der Waals surface area (Å²) in [6.07, 6.45) is -1.55. The van der Waals surface area contributed by atoms with Gasteiger partial charge < -0.3 is 30.9 Å². The van der Waals surface area contributed by atoms with Gasteiger partial charge in [-0.2, -0.15) is 0 Å². The Morgan fingerprint density at radius 2 is 1.61 bits per heavy atom. The molecule has 0 unspecified atom stereocenters. The highest BCUT2D eigenvalue weighted by atomic mass is 16.5. The summed E-state index contributed by atoms with van der Waals surface area (Å²) >= 11 is 0. The second-order valence-electron chi connectivity index (χ2n) is 5.58. The Bertz CT molecular complexity index is 708. The van der Waals surface area contributed by atoms with Gasteiger partial charge >= 0.3 is 18.0 Å². The van der Waals surface area contributed by atoms with Crippen molar-refractivity contribution in [3.05, 3.63) is 35.9 Å². The fraction of sp³-hybridized carbons (Fsp3) is 0.353. The topological polar surface area (TPSA) is 171 Å². The van der Waals surface area contributed by atoms with Gasteiger partial charge in [0.25, 0.3) is 0 Å². The number of carbonyl (C=O) groups is 5. The van der Waals surface area contributed by atoms with Crippen LogP contribution in [0.1, 0.15) is 18.4 Å². The Balaban J connectivity index is 2.54. The van der Waals surface area contributed by atoms with Crippen molar-refractivity contribution in [2.24, 2.45) is 0 Å². The van der Waals surface area contributed by atoms with Crippen molar-refractivity contribution in [1.82, 2.24) is 16.0 Å². The number of nitrogens with one attached hydrogen (secondary N) is 3. The van der Waals surface area contributed by atoms with E-state index in [2.05, 4.69) is 10.6 Å². The minimum Gasteiger partial charge on any atom is -0.481 e. The number of rotatable bonds is 11. The molecule has 0 aliphatic rings. The summed E-state index contributed by atoms with van der Waals surface area (Å²) in [5, 5.41) is 23.7. The number of carboxylic acid groups (broad SMARTS) is 2. The van der Waals surface area contributed by atoms with Crippen LogP contribution in [0, 0.1) is 0 Å². The van der Waals surface area contributed by atoms with Crippen molar-refractivity contribution in [1.29, 1.82) is 0 Å². The molecule has 0 saturated heterocycles. The van der Waals surface area contributed by atoms with Crippen LogP contribution in [0.15, 0.2) is 30.3 Å². The van der Waals surface area contributed by atoms with Gasteiger partial charge in [-0.25, -0.2) is 4.79 Å². The standard InChI is InChI=1S/C17H21N3O8/c21-13(18-9-15(24)25)8-19-16(26)12(6-7-14(22)23)20-17(27)28-10-11-4-2-1-3-5-11/h1-5,12H,6-10H2,(H,18,21)(H,19,26)(H,20,27)(H,22,23)(H,24,25)/t12-/m0/s1. The maximum atomic E-state index is 12.1. The highest BCUT2D eigenvalue weighted by Crippen LogP contribution is 2.03. The van der Waals surface area contributed by atoms with Crippen LogP contribution < -0.4 is 16.0 Å². The summed E-state index contributed by atoms with van der Waals surface area (Å²) in [5.74, 6) is -3.97. The molecule has 3 amide bonds. The van der Waals surface area contributed by atoms with Crippen LogP contribution in [0.2, 0.25) is 0 Å². The first-order valence-corrected chi connectivity index (χ1v) is 8.23. The third kappa shape index (κ3) is 9.75. The molecular weight excluding hydrogens is 374 g/mol. The number of hydrogen-bond donors (Lipinski definition) is 5. The Kier molecular flexibility index (Phi) is 9.51. The number of aliphatic carboxylic acids is 2. The molecule has 11 heteroatoms. The van der Waals surface area contributed by atoms with Crippen molar-refractivity contribution in [3.63, 3.8) is 0 Å². The number of amides is 3. The predicted molar refractivity (Wildman–Crippen MR) is 94.1 cm³/mol. The van der Waals surface area contributed by atoms with E-state index in [4.69, 9.17) is 14.9 Å². The summed E-state index contributed by atoms with van der Waals surface area (Å²) in [7, 11) is 0. The van der Waals surface area contributed by atoms with E-state index in [1.807, 2.05) is 5.32 Å². The van der Waals surface area contributed by atoms with Gasteiger partial charge in [0.05, 0.1) is 6.54 Å². The lowest BCUT2D eigenvalue weighted by atomic mass is 10.1. The molecule has 1 aromatic rings. The van der Waals surface area contributed by atoms with Crippen LogP contribution in [0.3, 0.4) is 0 Å². The van der Waals surface area contributed by atoms with Gasteiger partial charge in [-0.1, -0.05) is 30.3 Å². The summed E-state index contributed by atoms with van der Waals surface area (Å²) in [6.45, 7) is -1.19. The molecule has 5 N–H and O–H groups in total. The van der Waals surface area contributed by atoms with Crippen molar-refractivity contribution < 1.29 is 38.9 Å². The molecule has 0 aliphatic carbocycles. The lowest BCUT2D eigenvalue weighted by Crippen LogP contribution is -2.49. The fourth-order valence-electron chi connectivity index (χ4n) is 1.97. The second-order valence-corrected chi connectivity index (χ2v) is 5.58. The Labute approximate surface area is 160 Å². The molecule has 1 rings (SSSR count). The van der Waals surface area contributed by atoms with E-state index in [9.17, 15) is 24.0 Å². The van der Waals surface area contributed by atoms with Gasteiger partial charge in [0.15, 0.2) is 0 Å². The van der Waals surface area contributed by atoms with Gasteiger partial charge in [0.1, 0.15) is 19.2 Å². The van der Waals surface area contributed by atoms with E-state index < -0.39 is 55.4 Å². The van der Waals surface area contributed by atoms with Gasteiger partial charge in [-0.3, -0.25) is 19.2 Å². The van der Waals surface area contributed by atoms with Gasteiger partial charge in [0.2, 0.25) is 11.8 Å². The minimum absolute atomic E-state index is 0.0441. The molecule has 0 bridgehead atoms. The zero-order chi connectivity index (χ0) is 20.9. The zero-order valence-corrected chi connectivity index (χ0v) is 14.8. The lowest BCUT2D eigenvalue weighted by Gasteiger charge is -2.17. The number of benzene rings is 1. The number of carbonyl (C=O) groups excluding carboxylic acids is 3. The molecule has 0 spiro atoms. The SMILES string of the molecule is O=C(O)CC[C@H](NC(=O)OCc1ccccc1)C(=O)NCC(=O)NCC(=O)O. The zero-order valence-electron chi connectivity index (χ0n) is 14.8. The predicted octanol–water partition coefficient (Wildman–Crippen LogP) is -0.537. The third-order valence-electron chi connectivity index (χ3n) is 3.33. The van der Waals surface area contributed by atoms with Crippen LogP contribution in [0.25, 0.3) is 0 Å². The molecule has 11 nitrogen and oxygen atoms in total. The smallest absolute Gasteiger partial charge is 0.408 e. The van der Waals surface area contributed by atoms with Gasteiger partial charge in [-0.05, 0) is 12.0 Å². The molecule has 0 fully saturated rings.